The fourth-order valence-corrected chi connectivity index (χ4v) is 5.81. The smallest absolute Gasteiger partial charge is 0.223 e. The van der Waals surface area contributed by atoms with Crippen LogP contribution >= 0.6 is 0 Å². The number of aryl methyl sites for hydroxylation is 1. The third-order valence-electron chi connectivity index (χ3n) is 8.16. The molecule has 0 saturated carbocycles. The molecule has 5 heteroatoms. The molecule has 2 saturated heterocycles. The first-order chi connectivity index (χ1) is 15.7. The number of aromatic hydroxyl groups is 2. The summed E-state index contributed by atoms with van der Waals surface area (Å²) < 4.78 is 0. The van der Waals surface area contributed by atoms with Crippen LogP contribution in [-0.4, -0.2) is 57.6 Å². The summed E-state index contributed by atoms with van der Waals surface area (Å²) in [6.45, 7) is 11.8. The molecule has 2 aliphatic heterocycles. The van der Waals surface area contributed by atoms with E-state index in [0.717, 1.165) is 31.6 Å². The Morgan fingerprint density at radius 3 is 2.45 bits per heavy atom. The second kappa shape index (κ2) is 9.38. The van der Waals surface area contributed by atoms with Crippen LogP contribution in [-0.2, 0) is 16.6 Å². The van der Waals surface area contributed by atoms with Crippen LogP contribution in [0, 0.1) is 11.8 Å². The van der Waals surface area contributed by atoms with Crippen LogP contribution in [0.15, 0.2) is 48.5 Å². The minimum absolute atomic E-state index is 0.0364. The first-order valence-electron chi connectivity index (χ1n) is 12.3. The fraction of sp³-hybridized carbons (Fsp3) is 0.536. The number of hydrogen-bond acceptors (Lipinski definition) is 4. The van der Waals surface area contributed by atoms with Gasteiger partial charge in [0.2, 0.25) is 5.91 Å². The highest BCUT2D eigenvalue weighted by molar-refractivity contribution is 5.77. The van der Waals surface area contributed by atoms with Crippen LogP contribution in [0.1, 0.15) is 51.7 Å². The summed E-state index contributed by atoms with van der Waals surface area (Å²) in [5, 5.41) is 19.6. The number of carbonyl (C=O) groups is 1. The lowest BCUT2D eigenvalue weighted by molar-refractivity contribution is -0.142. The van der Waals surface area contributed by atoms with Crippen molar-refractivity contribution in [1.29, 1.82) is 0 Å². The summed E-state index contributed by atoms with van der Waals surface area (Å²) in [6, 6.07) is 15.4. The van der Waals surface area contributed by atoms with E-state index >= 15 is 0 Å². The first-order valence-corrected chi connectivity index (χ1v) is 12.3. The Balaban J connectivity index is 1.51. The predicted octanol–water partition coefficient (Wildman–Crippen LogP) is 4.57. The van der Waals surface area contributed by atoms with Gasteiger partial charge in [0.25, 0.3) is 0 Å². The standard InChI is InChI=1S/C28H38N2O3/c1-19(2)26-18-29-16-20(3)28(4,22-6-5-7-25(32)14-22)15-23(29)17-30(26)27(33)13-10-21-8-11-24(31)12-9-21/h5-9,11-12,14,19-20,23,26,31-32H,10,13,15-18H2,1-4H3. The number of nitrogens with zero attached hydrogens (tertiary/aromatic N) is 2. The molecule has 4 unspecified atom stereocenters. The third kappa shape index (κ3) is 4.89. The van der Waals surface area contributed by atoms with E-state index < -0.39 is 0 Å². The number of rotatable bonds is 5. The summed E-state index contributed by atoms with van der Waals surface area (Å²) in [5.74, 6) is 1.65. The Hall–Kier alpha value is -2.53. The molecule has 1 amide bonds. The van der Waals surface area contributed by atoms with Crippen molar-refractivity contribution in [3.63, 3.8) is 0 Å². The average Bonchev–Trinajstić information content (AvgIpc) is 2.78. The molecule has 0 spiro atoms. The Labute approximate surface area is 198 Å². The van der Waals surface area contributed by atoms with Gasteiger partial charge in [0.05, 0.1) is 0 Å². The number of phenols is 2. The quantitative estimate of drug-likeness (QED) is 0.701. The van der Waals surface area contributed by atoms with Gasteiger partial charge in [0.15, 0.2) is 0 Å². The van der Waals surface area contributed by atoms with E-state index in [1.807, 2.05) is 24.3 Å². The number of benzene rings is 2. The molecule has 0 bridgehead atoms. The molecule has 5 nitrogen and oxygen atoms in total. The summed E-state index contributed by atoms with van der Waals surface area (Å²) in [7, 11) is 0. The summed E-state index contributed by atoms with van der Waals surface area (Å²) in [5.41, 5.74) is 2.22. The Morgan fingerprint density at radius 1 is 1.06 bits per heavy atom. The van der Waals surface area contributed by atoms with Crippen LogP contribution in [0.3, 0.4) is 0 Å². The number of piperidine rings is 1. The highest BCUT2D eigenvalue weighted by atomic mass is 16.3. The minimum Gasteiger partial charge on any atom is -0.508 e. The van der Waals surface area contributed by atoms with Crippen molar-refractivity contribution < 1.29 is 15.0 Å². The van der Waals surface area contributed by atoms with E-state index in [2.05, 4.69) is 43.6 Å². The largest absolute Gasteiger partial charge is 0.508 e. The van der Waals surface area contributed by atoms with Gasteiger partial charge in [-0.2, -0.15) is 0 Å². The van der Waals surface area contributed by atoms with Crippen LogP contribution in [0.5, 0.6) is 11.5 Å². The predicted molar refractivity (Wildman–Crippen MR) is 131 cm³/mol. The van der Waals surface area contributed by atoms with Crippen molar-refractivity contribution in [2.24, 2.45) is 11.8 Å². The molecular weight excluding hydrogens is 412 g/mol. The summed E-state index contributed by atoms with van der Waals surface area (Å²) in [4.78, 5) is 18.1. The molecule has 33 heavy (non-hydrogen) atoms. The van der Waals surface area contributed by atoms with E-state index in [1.165, 1.54) is 5.56 Å². The zero-order valence-electron chi connectivity index (χ0n) is 20.4. The lowest BCUT2D eigenvalue weighted by Gasteiger charge is -2.56. The van der Waals surface area contributed by atoms with Gasteiger partial charge in [-0.25, -0.2) is 0 Å². The first kappa shape index (κ1) is 23.6. The molecule has 4 rings (SSSR count). The highest BCUT2D eigenvalue weighted by Crippen LogP contribution is 2.44. The summed E-state index contributed by atoms with van der Waals surface area (Å²) in [6.07, 6.45) is 2.15. The zero-order chi connectivity index (χ0) is 23.8. The average molecular weight is 451 g/mol. The van der Waals surface area contributed by atoms with Crippen LogP contribution in [0.2, 0.25) is 0 Å². The van der Waals surface area contributed by atoms with Crippen LogP contribution < -0.4 is 0 Å². The van der Waals surface area contributed by atoms with E-state index in [-0.39, 0.29) is 23.1 Å². The van der Waals surface area contributed by atoms with E-state index in [1.54, 1.807) is 18.2 Å². The van der Waals surface area contributed by atoms with Gasteiger partial charge < -0.3 is 15.1 Å². The van der Waals surface area contributed by atoms with Crippen molar-refractivity contribution >= 4 is 5.91 Å². The number of phenolic OH excluding ortho intramolecular Hbond substituents is 2. The van der Waals surface area contributed by atoms with Gasteiger partial charge in [-0.1, -0.05) is 52.0 Å². The van der Waals surface area contributed by atoms with E-state index in [0.29, 0.717) is 36.5 Å². The van der Waals surface area contributed by atoms with Crippen molar-refractivity contribution in [1.82, 2.24) is 9.80 Å². The molecule has 0 radical (unpaired) electrons. The van der Waals surface area contributed by atoms with Crippen molar-refractivity contribution in [3.8, 4) is 11.5 Å². The second-order valence-electron chi connectivity index (χ2n) is 10.7. The number of piperazine rings is 1. The van der Waals surface area contributed by atoms with Gasteiger partial charge in [-0.05, 0) is 65.5 Å². The molecular formula is C28H38N2O3. The summed E-state index contributed by atoms with van der Waals surface area (Å²) >= 11 is 0. The molecule has 2 heterocycles. The molecule has 0 aliphatic carbocycles. The van der Waals surface area contributed by atoms with Gasteiger partial charge in [-0.3, -0.25) is 9.69 Å². The minimum atomic E-state index is -0.0364. The molecule has 0 aromatic heterocycles. The number of carbonyl (C=O) groups excluding carboxylic acids is 1. The number of fused-ring (bicyclic) bond motifs is 1. The maximum Gasteiger partial charge on any atom is 0.223 e. The third-order valence-corrected chi connectivity index (χ3v) is 8.16. The Morgan fingerprint density at radius 2 is 1.79 bits per heavy atom. The molecule has 2 fully saturated rings. The van der Waals surface area contributed by atoms with Gasteiger partial charge >= 0.3 is 0 Å². The number of hydrogen-bond donors (Lipinski definition) is 2. The van der Waals surface area contributed by atoms with Gasteiger partial charge in [0.1, 0.15) is 11.5 Å². The normalized spacial score (nSPS) is 28.0. The second-order valence-corrected chi connectivity index (χ2v) is 10.7. The molecule has 178 valence electrons. The lowest BCUT2D eigenvalue weighted by Crippen LogP contribution is -2.66. The maximum atomic E-state index is 13.4. The monoisotopic (exact) mass is 450 g/mol. The zero-order valence-corrected chi connectivity index (χ0v) is 20.4. The Bertz CT molecular complexity index is 973. The molecule has 2 aromatic rings. The topological polar surface area (TPSA) is 64.0 Å². The number of amides is 1. The fourth-order valence-electron chi connectivity index (χ4n) is 5.81. The SMILES string of the molecule is CC(C)C1CN2CC(C)C(C)(c3cccc(O)c3)CC2CN1C(=O)CCc1ccc(O)cc1. The van der Waals surface area contributed by atoms with Crippen molar-refractivity contribution in [3.05, 3.63) is 59.7 Å². The van der Waals surface area contributed by atoms with Gasteiger partial charge in [0, 0.05) is 38.1 Å². The van der Waals surface area contributed by atoms with Crippen LogP contribution in [0.4, 0.5) is 0 Å². The molecule has 2 aromatic carbocycles. The Kier molecular flexibility index (Phi) is 6.71. The lowest BCUT2D eigenvalue weighted by atomic mass is 9.65. The van der Waals surface area contributed by atoms with Crippen LogP contribution in [0.25, 0.3) is 0 Å². The van der Waals surface area contributed by atoms with Gasteiger partial charge in [-0.15, -0.1) is 0 Å². The molecule has 4 atom stereocenters. The highest BCUT2D eigenvalue weighted by Gasteiger charge is 2.47. The van der Waals surface area contributed by atoms with Crippen molar-refractivity contribution in [2.75, 3.05) is 19.6 Å². The van der Waals surface area contributed by atoms with E-state index in [9.17, 15) is 15.0 Å². The van der Waals surface area contributed by atoms with Crippen molar-refractivity contribution in [2.45, 2.75) is 64.5 Å². The molecule has 2 aliphatic rings. The maximum absolute atomic E-state index is 13.4. The molecule has 2 N–H and O–H groups in total. The van der Waals surface area contributed by atoms with E-state index in [4.69, 9.17) is 0 Å².